The Morgan fingerprint density at radius 1 is 1.27 bits per heavy atom. The highest BCUT2D eigenvalue weighted by Gasteiger charge is 2.23. The third-order valence-electron chi connectivity index (χ3n) is 4.14. The van der Waals surface area contributed by atoms with Gasteiger partial charge < -0.3 is 10.6 Å². The van der Waals surface area contributed by atoms with Gasteiger partial charge in [0.05, 0.1) is 6.04 Å². The van der Waals surface area contributed by atoms with Crippen molar-refractivity contribution in [3.05, 3.63) is 48.0 Å². The number of benzene rings is 1. The molecule has 4 nitrogen and oxygen atoms in total. The molecule has 2 rings (SSSR count). The molecule has 1 fully saturated rings. The molecule has 22 heavy (non-hydrogen) atoms. The molecule has 1 unspecified atom stereocenters. The Morgan fingerprint density at radius 3 is 2.55 bits per heavy atom. The first-order valence-corrected chi connectivity index (χ1v) is 8.10. The predicted molar refractivity (Wildman–Crippen MR) is 94.3 cm³/mol. The van der Waals surface area contributed by atoms with Crippen molar-refractivity contribution in [2.45, 2.75) is 25.8 Å². The van der Waals surface area contributed by atoms with E-state index in [-0.39, 0.29) is 0 Å². The molecule has 0 aliphatic carbocycles. The quantitative estimate of drug-likeness (QED) is 0.482. The number of likely N-dealkylation sites (tertiary alicyclic amines) is 1. The van der Waals surface area contributed by atoms with Crippen LogP contribution in [0.2, 0.25) is 0 Å². The summed E-state index contributed by atoms with van der Waals surface area (Å²) in [7, 11) is 1.80. The molecule has 1 heterocycles. The fourth-order valence-electron chi connectivity index (χ4n) is 2.88. The Kier molecular flexibility index (Phi) is 6.46. The van der Waals surface area contributed by atoms with Gasteiger partial charge in [0.25, 0.3) is 0 Å². The molecule has 1 atom stereocenters. The van der Waals surface area contributed by atoms with Crippen LogP contribution >= 0.6 is 0 Å². The minimum atomic E-state index is 0.394. The van der Waals surface area contributed by atoms with Gasteiger partial charge in [0.2, 0.25) is 0 Å². The Hall–Kier alpha value is -1.81. The van der Waals surface area contributed by atoms with Crippen LogP contribution in [0.15, 0.2) is 41.9 Å². The van der Waals surface area contributed by atoms with Crippen LogP contribution in [0.4, 0.5) is 0 Å². The van der Waals surface area contributed by atoms with Gasteiger partial charge in [-0.2, -0.15) is 0 Å². The second-order valence-corrected chi connectivity index (χ2v) is 5.79. The van der Waals surface area contributed by atoms with Gasteiger partial charge in [-0.05, 0) is 38.4 Å². The van der Waals surface area contributed by atoms with Crippen LogP contribution in [0.5, 0.6) is 0 Å². The number of nitrogens with zero attached hydrogens (tertiary/aromatic N) is 2. The van der Waals surface area contributed by atoms with Crippen molar-refractivity contribution in [3.63, 3.8) is 0 Å². The lowest BCUT2D eigenvalue weighted by Crippen LogP contribution is -2.42. The van der Waals surface area contributed by atoms with Gasteiger partial charge in [-0.25, -0.2) is 0 Å². The lowest BCUT2D eigenvalue weighted by Gasteiger charge is -2.29. The summed E-state index contributed by atoms with van der Waals surface area (Å²) in [5.74, 6) is 0.830. The summed E-state index contributed by atoms with van der Waals surface area (Å²) in [6, 6.07) is 9.29. The average molecular weight is 300 g/mol. The third kappa shape index (κ3) is 4.60. The minimum absolute atomic E-state index is 0.394. The number of guanidine groups is 1. The van der Waals surface area contributed by atoms with Gasteiger partial charge in [0.1, 0.15) is 0 Å². The van der Waals surface area contributed by atoms with E-state index in [1.165, 1.54) is 37.1 Å². The zero-order valence-electron chi connectivity index (χ0n) is 13.8. The SMILES string of the molecule is C=CCNC(=NC)NCC(c1ccc(C)cc1)N1CCCC1. The summed E-state index contributed by atoms with van der Waals surface area (Å²) in [5.41, 5.74) is 2.68. The van der Waals surface area contributed by atoms with E-state index in [1.54, 1.807) is 7.05 Å². The van der Waals surface area contributed by atoms with Crippen LogP contribution in [0.1, 0.15) is 30.0 Å². The van der Waals surface area contributed by atoms with Gasteiger partial charge in [-0.15, -0.1) is 6.58 Å². The van der Waals surface area contributed by atoms with E-state index < -0.39 is 0 Å². The molecule has 0 saturated carbocycles. The topological polar surface area (TPSA) is 39.7 Å². The largest absolute Gasteiger partial charge is 0.354 e. The van der Waals surface area contributed by atoms with Crippen LogP contribution in [-0.2, 0) is 0 Å². The number of nitrogens with one attached hydrogen (secondary N) is 2. The maximum absolute atomic E-state index is 4.26. The zero-order chi connectivity index (χ0) is 15.8. The predicted octanol–water partition coefficient (Wildman–Crippen LogP) is 2.48. The summed E-state index contributed by atoms with van der Waals surface area (Å²) in [6.07, 6.45) is 4.43. The molecule has 1 aliphatic heterocycles. The highest BCUT2D eigenvalue weighted by molar-refractivity contribution is 5.79. The molecule has 4 heteroatoms. The zero-order valence-corrected chi connectivity index (χ0v) is 13.8. The number of hydrogen-bond donors (Lipinski definition) is 2. The fourth-order valence-corrected chi connectivity index (χ4v) is 2.88. The van der Waals surface area contributed by atoms with E-state index in [1.807, 2.05) is 6.08 Å². The maximum Gasteiger partial charge on any atom is 0.191 e. The van der Waals surface area contributed by atoms with Crippen LogP contribution in [0, 0.1) is 6.92 Å². The van der Waals surface area contributed by atoms with Crippen LogP contribution in [-0.4, -0.2) is 44.1 Å². The van der Waals surface area contributed by atoms with Crippen LogP contribution in [0.3, 0.4) is 0 Å². The van der Waals surface area contributed by atoms with Gasteiger partial charge in [-0.1, -0.05) is 35.9 Å². The maximum atomic E-state index is 4.26. The van der Waals surface area contributed by atoms with E-state index in [0.717, 1.165) is 19.0 Å². The summed E-state index contributed by atoms with van der Waals surface area (Å²) in [5, 5.41) is 6.67. The van der Waals surface area contributed by atoms with Gasteiger partial charge >= 0.3 is 0 Å². The molecule has 0 bridgehead atoms. The Labute approximate surface area is 134 Å². The first-order valence-electron chi connectivity index (χ1n) is 8.10. The normalized spacial score (nSPS) is 17.3. The Balaban J connectivity index is 2.04. The highest BCUT2D eigenvalue weighted by Crippen LogP contribution is 2.24. The van der Waals surface area contributed by atoms with Gasteiger partial charge in [-0.3, -0.25) is 9.89 Å². The van der Waals surface area contributed by atoms with Crippen molar-refractivity contribution >= 4 is 5.96 Å². The molecule has 0 radical (unpaired) electrons. The molecule has 0 spiro atoms. The van der Waals surface area contributed by atoms with Crippen molar-refractivity contribution in [1.29, 1.82) is 0 Å². The van der Waals surface area contributed by atoms with E-state index in [2.05, 4.69) is 58.3 Å². The fraction of sp³-hybridized carbons (Fsp3) is 0.500. The standard InChI is InChI=1S/C18H28N4/c1-4-11-20-18(19-3)21-14-17(22-12-5-6-13-22)16-9-7-15(2)8-10-16/h4,7-10,17H,1,5-6,11-14H2,2-3H3,(H2,19,20,21). The second-order valence-electron chi connectivity index (χ2n) is 5.79. The molecule has 1 aromatic carbocycles. The first-order chi connectivity index (χ1) is 10.7. The van der Waals surface area contributed by atoms with Crippen molar-refractivity contribution < 1.29 is 0 Å². The van der Waals surface area contributed by atoms with Gasteiger partial charge in [0, 0.05) is 20.1 Å². The van der Waals surface area contributed by atoms with Crippen LogP contribution < -0.4 is 10.6 Å². The number of aryl methyl sites for hydroxylation is 1. The smallest absolute Gasteiger partial charge is 0.191 e. The monoisotopic (exact) mass is 300 g/mol. The lowest BCUT2D eigenvalue weighted by molar-refractivity contribution is 0.245. The lowest BCUT2D eigenvalue weighted by atomic mass is 10.0. The molecule has 2 N–H and O–H groups in total. The molecule has 0 aromatic heterocycles. The summed E-state index contributed by atoms with van der Waals surface area (Å²) in [6.45, 7) is 9.80. The van der Waals surface area contributed by atoms with E-state index in [0.29, 0.717) is 6.04 Å². The summed E-state index contributed by atoms with van der Waals surface area (Å²) < 4.78 is 0. The van der Waals surface area contributed by atoms with Crippen molar-refractivity contribution in [2.75, 3.05) is 33.2 Å². The first kappa shape index (κ1) is 16.6. The van der Waals surface area contributed by atoms with Crippen molar-refractivity contribution in [2.24, 2.45) is 4.99 Å². The molecule has 1 aromatic rings. The van der Waals surface area contributed by atoms with Crippen molar-refractivity contribution in [1.82, 2.24) is 15.5 Å². The third-order valence-corrected chi connectivity index (χ3v) is 4.14. The number of rotatable bonds is 6. The second kappa shape index (κ2) is 8.59. The molecule has 0 amide bonds. The minimum Gasteiger partial charge on any atom is -0.354 e. The molecular weight excluding hydrogens is 272 g/mol. The molecule has 120 valence electrons. The molecule has 1 aliphatic rings. The Bertz CT molecular complexity index is 486. The summed E-state index contributed by atoms with van der Waals surface area (Å²) in [4.78, 5) is 6.83. The summed E-state index contributed by atoms with van der Waals surface area (Å²) >= 11 is 0. The molecular formula is C18H28N4. The van der Waals surface area contributed by atoms with Crippen molar-refractivity contribution in [3.8, 4) is 0 Å². The highest BCUT2D eigenvalue weighted by atomic mass is 15.2. The average Bonchev–Trinajstić information content (AvgIpc) is 3.06. The molecule has 1 saturated heterocycles. The van der Waals surface area contributed by atoms with E-state index in [9.17, 15) is 0 Å². The van der Waals surface area contributed by atoms with E-state index >= 15 is 0 Å². The number of hydrogen-bond acceptors (Lipinski definition) is 2. The van der Waals surface area contributed by atoms with Crippen LogP contribution in [0.25, 0.3) is 0 Å². The number of aliphatic imine (C=N–C) groups is 1. The van der Waals surface area contributed by atoms with E-state index in [4.69, 9.17) is 0 Å². The van der Waals surface area contributed by atoms with Gasteiger partial charge in [0.15, 0.2) is 5.96 Å². The Morgan fingerprint density at radius 2 is 1.95 bits per heavy atom.